The lowest BCUT2D eigenvalue weighted by Crippen LogP contribution is -2.36. The van der Waals surface area contributed by atoms with E-state index in [1.165, 1.54) is 12.1 Å². The van der Waals surface area contributed by atoms with Gasteiger partial charge in [0.2, 0.25) is 0 Å². The van der Waals surface area contributed by atoms with E-state index >= 15 is 0 Å². The molecule has 0 heterocycles. The number of benzene rings is 2. The number of allylic oxidation sites excluding steroid dienone is 2. The lowest BCUT2D eigenvalue weighted by molar-refractivity contribution is -0.137. The van der Waals surface area contributed by atoms with Gasteiger partial charge in [0, 0.05) is 18.3 Å². The quantitative estimate of drug-likeness (QED) is 0.403. The molecule has 35 heavy (non-hydrogen) atoms. The minimum atomic E-state index is -4.45. The van der Waals surface area contributed by atoms with Crippen molar-refractivity contribution in [3.63, 3.8) is 0 Å². The van der Waals surface area contributed by atoms with Gasteiger partial charge in [-0.2, -0.15) is 13.2 Å². The molecule has 0 saturated heterocycles. The van der Waals surface area contributed by atoms with E-state index < -0.39 is 28.3 Å². The predicted molar refractivity (Wildman–Crippen MR) is 134 cm³/mol. The summed E-state index contributed by atoms with van der Waals surface area (Å²) in [7, 11) is 0. The van der Waals surface area contributed by atoms with Crippen LogP contribution in [0.2, 0.25) is 0 Å². The second-order valence-electron chi connectivity index (χ2n) is 10.0. The van der Waals surface area contributed by atoms with Crippen LogP contribution in [0.15, 0.2) is 47.1 Å². The standard InChI is InChI=1S/C28H33F3O3S/c1-6-18-12-17(3)13-19(7-2)25(18)26-23(32)14-21(15-24(26)33)27(4,5)16-35(34)22-10-8-20(9-11-22)28(29,30)31/h8-13,21,32H,6-7,14-16H2,1-5H3. The highest BCUT2D eigenvalue weighted by Gasteiger charge is 2.41. The van der Waals surface area contributed by atoms with Crippen LogP contribution < -0.4 is 0 Å². The molecule has 2 unspecified atom stereocenters. The molecule has 7 heteroatoms. The highest BCUT2D eigenvalue weighted by molar-refractivity contribution is 7.91. The van der Waals surface area contributed by atoms with E-state index in [1.54, 1.807) is 0 Å². The molecule has 1 aliphatic carbocycles. The zero-order valence-corrected chi connectivity index (χ0v) is 21.7. The fraction of sp³-hybridized carbons (Fsp3) is 0.464. The Kier molecular flexibility index (Phi) is 8.12. The highest BCUT2D eigenvalue weighted by Crippen LogP contribution is 2.44. The van der Waals surface area contributed by atoms with Crippen molar-refractivity contribution in [3.05, 3.63) is 70.0 Å². The average Bonchev–Trinajstić information content (AvgIpc) is 2.78. The van der Waals surface area contributed by atoms with Crippen LogP contribution in [0.5, 0.6) is 0 Å². The second kappa shape index (κ2) is 10.4. The Bertz CT molecular complexity index is 1090. The number of carbonyl (C=O) groups excluding carboxylic acids is 1. The number of halogens is 3. The van der Waals surface area contributed by atoms with Crippen molar-refractivity contribution < 1.29 is 27.6 Å². The van der Waals surface area contributed by atoms with E-state index in [0.29, 0.717) is 16.9 Å². The van der Waals surface area contributed by atoms with Gasteiger partial charge in [-0.25, -0.2) is 0 Å². The van der Waals surface area contributed by atoms with Gasteiger partial charge in [-0.05, 0) is 77.8 Å². The minimum absolute atomic E-state index is 0.0629. The third-order valence-electron chi connectivity index (χ3n) is 6.95. The summed E-state index contributed by atoms with van der Waals surface area (Å²) in [6.45, 7) is 9.88. The summed E-state index contributed by atoms with van der Waals surface area (Å²) in [5, 5.41) is 11.1. The Labute approximate surface area is 208 Å². The average molecular weight is 507 g/mol. The molecule has 2 aromatic rings. The van der Waals surface area contributed by atoms with Crippen molar-refractivity contribution >= 4 is 22.5 Å². The topological polar surface area (TPSA) is 60.4 Å². The molecular weight excluding hydrogens is 473 g/mol. The van der Waals surface area contributed by atoms with Crippen molar-refractivity contribution in [3.8, 4) is 0 Å². The van der Waals surface area contributed by atoms with Crippen LogP contribution in [0.4, 0.5) is 13.2 Å². The van der Waals surface area contributed by atoms with Crippen molar-refractivity contribution in [1.29, 1.82) is 0 Å². The predicted octanol–water partition coefficient (Wildman–Crippen LogP) is 7.22. The van der Waals surface area contributed by atoms with Gasteiger partial charge < -0.3 is 9.66 Å². The van der Waals surface area contributed by atoms with Gasteiger partial charge >= 0.3 is 6.18 Å². The van der Waals surface area contributed by atoms with Crippen LogP contribution in [0.25, 0.3) is 5.57 Å². The molecule has 0 bridgehead atoms. The Balaban J connectivity index is 1.85. The molecule has 2 aromatic carbocycles. The number of Topliss-reactive ketones (excluding diaryl/α,β-unsaturated/α-hetero) is 1. The molecular formula is C28H33F3O3S. The molecule has 0 spiro atoms. The van der Waals surface area contributed by atoms with Crippen LogP contribution in [0, 0.1) is 18.3 Å². The number of carbonyl (C=O) groups is 1. The first-order valence-corrected chi connectivity index (χ1v) is 13.2. The minimum Gasteiger partial charge on any atom is -0.611 e. The normalized spacial score (nSPS) is 18.2. The van der Waals surface area contributed by atoms with Crippen molar-refractivity contribution in [2.45, 2.75) is 71.4 Å². The summed E-state index contributed by atoms with van der Waals surface area (Å²) < 4.78 is 51.5. The van der Waals surface area contributed by atoms with E-state index in [9.17, 15) is 27.6 Å². The first kappa shape index (κ1) is 27.3. The zero-order chi connectivity index (χ0) is 26.1. The van der Waals surface area contributed by atoms with Gasteiger partial charge in [0.1, 0.15) is 11.5 Å². The van der Waals surface area contributed by atoms with E-state index in [-0.39, 0.29) is 29.6 Å². The van der Waals surface area contributed by atoms with E-state index in [1.807, 2.05) is 34.6 Å². The summed E-state index contributed by atoms with van der Waals surface area (Å²) in [4.78, 5) is 13.7. The lowest BCUT2D eigenvalue weighted by atomic mass is 9.70. The summed E-state index contributed by atoms with van der Waals surface area (Å²) in [5.41, 5.74) is 3.07. The number of aryl methyl sites for hydroxylation is 3. The molecule has 1 N–H and O–H groups in total. The summed E-state index contributed by atoms with van der Waals surface area (Å²) in [5.74, 6) is -0.129. The molecule has 3 rings (SSSR count). The fourth-order valence-electron chi connectivity index (χ4n) is 4.89. The van der Waals surface area contributed by atoms with Crippen LogP contribution in [-0.2, 0) is 35.0 Å². The molecule has 3 nitrogen and oxygen atoms in total. The first-order valence-electron chi connectivity index (χ1n) is 11.9. The summed E-state index contributed by atoms with van der Waals surface area (Å²) in [6.07, 6.45) is -2.45. The van der Waals surface area contributed by atoms with Crippen molar-refractivity contribution in [2.75, 3.05) is 5.75 Å². The van der Waals surface area contributed by atoms with Crippen LogP contribution in [0.3, 0.4) is 0 Å². The monoisotopic (exact) mass is 506 g/mol. The highest BCUT2D eigenvalue weighted by atomic mass is 32.2. The lowest BCUT2D eigenvalue weighted by Gasteiger charge is -2.37. The third kappa shape index (κ3) is 5.95. The number of ketones is 1. The third-order valence-corrected chi connectivity index (χ3v) is 8.75. The fourth-order valence-corrected chi connectivity index (χ4v) is 6.40. The molecule has 0 fully saturated rings. The molecule has 0 saturated carbocycles. The number of aliphatic hydroxyl groups excluding tert-OH is 1. The number of aliphatic hydroxyl groups is 1. The van der Waals surface area contributed by atoms with Gasteiger partial charge in [0.15, 0.2) is 10.7 Å². The van der Waals surface area contributed by atoms with Crippen LogP contribution in [-0.4, -0.2) is 21.2 Å². The van der Waals surface area contributed by atoms with E-state index in [0.717, 1.165) is 47.2 Å². The van der Waals surface area contributed by atoms with Crippen LogP contribution >= 0.6 is 0 Å². The number of alkyl halides is 3. The molecule has 0 aliphatic heterocycles. The zero-order valence-electron chi connectivity index (χ0n) is 20.9. The maximum absolute atomic E-state index is 13.4. The van der Waals surface area contributed by atoms with Gasteiger partial charge in [-0.15, -0.1) is 0 Å². The second-order valence-corrected chi connectivity index (χ2v) is 11.5. The van der Waals surface area contributed by atoms with Crippen LogP contribution in [0.1, 0.15) is 68.4 Å². The molecule has 0 aromatic heterocycles. The molecule has 1 aliphatic rings. The van der Waals surface area contributed by atoms with Gasteiger partial charge in [0.25, 0.3) is 0 Å². The van der Waals surface area contributed by atoms with Crippen molar-refractivity contribution in [2.24, 2.45) is 11.3 Å². The SMILES string of the molecule is CCc1cc(C)cc(CC)c1C1=C(O)CC(C(C)(C)C[S+]([O-])c2ccc(C(F)(F)F)cc2)CC1=O. The maximum atomic E-state index is 13.4. The molecule has 0 radical (unpaired) electrons. The number of hydrogen-bond donors (Lipinski definition) is 1. The molecule has 2 atom stereocenters. The Morgan fingerprint density at radius 2 is 1.57 bits per heavy atom. The van der Waals surface area contributed by atoms with E-state index in [4.69, 9.17) is 0 Å². The Morgan fingerprint density at radius 3 is 2.03 bits per heavy atom. The van der Waals surface area contributed by atoms with Gasteiger partial charge in [-0.1, -0.05) is 45.4 Å². The van der Waals surface area contributed by atoms with Crippen molar-refractivity contribution in [1.82, 2.24) is 0 Å². The molecule has 190 valence electrons. The number of hydrogen-bond acceptors (Lipinski definition) is 3. The summed E-state index contributed by atoms with van der Waals surface area (Å²) in [6, 6.07) is 8.47. The summed E-state index contributed by atoms with van der Waals surface area (Å²) >= 11 is -1.55. The van der Waals surface area contributed by atoms with Gasteiger partial charge in [-0.3, -0.25) is 4.79 Å². The largest absolute Gasteiger partial charge is 0.611 e. The Morgan fingerprint density at radius 1 is 1.03 bits per heavy atom. The number of rotatable bonds is 7. The maximum Gasteiger partial charge on any atom is 0.416 e. The first-order chi connectivity index (χ1) is 16.3. The Hall–Kier alpha value is -2.25. The van der Waals surface area contributed by atoms with E-state index in [2.05, 4.69) is 12.1 Å². The molecule has 0 amide bonds. The van der Waals surface area contributed by atoms with Gasteiger partial charge in [0.05, 0.1) is 11.1 Å². The smallest absolute Gasteiger partial charge is 0.416 e.